The molecule has 0 aromatic heterocycles. The van der Waals surface area contributed by atoms with Gasteiger partial charge in [0.1, 0.15) is 0 Å². The summed E-state index contributed by atoms with van der Waals surface area (Å²) in [7, 11) is 1.59. The number of carbonyl (C=O) groups is 1. The molecule has 3 aliphatic rings. The summed E-state index contributed by atoms with van der Waals surface area (Å²) in [6.45, 7) is 2.15. The average Bonchev–Trinajstić information content (AvgIpc) is 2.56. The number of allylic oxidation sites excluding steroid dienone is 4. The molecular weight excluding hydrogens is 214 g/mol. The monoisotopic (exact) mass is 231 g/mol. The van der Waals surface area contributed by atoms with Gasteiger partial charge in [-0.25, -0.2) is 0 Å². The highest BCUT2D eigenvalue weighted by Crippen LogP contribution is 2.46. The smallest absolute Gasteiger partial charge is 0.254 e. The molecule has 0 saturated heterocycles. The van der Waals surface area contributed by atoms with E-state index in [4.69, 9.17) is 4.74 Å². The predicted octanol–water partition coefficient (Wildman–Crippen LogP) is 2.28. The van der Waals surface area contributed by atoms with Crippen LogP contribution in [0.25, 0.3) is 0 Å². The minimum Gasteiger partial charge on any atom is -0.482 e. The number of rotatable bonds is 1. The van der Waals surface area contributed by atoms with Crippen molar-refractivity contribution in [1.29, 1.82) is 0 Å². The summed E-state index contributed by atoms with van der Waals surface area (Å²) in [6.07, 6.45) is 7.58. The lowest BCUT2D eigenvalue weighted by Gasteiger charge is -2.20. The molecule has 0 fully saturated rings. The molecule has 1 N–H and O–H groups in total. The van der Waals surface area contributed by atoms with Crippen molar-refractivity contribution in [2.24, 2.45) is 11.8 Å². The number of amides is 1. The van der Waals surface area contributed by atoms with Crippen molar-refractivity contribution in [1.82, 2.24) is 5.32 Å². The van der Waals surface area contributed by atoms with Gasteiger partial charge in [-0.1, -0.05) is 13.0 Å². The maximum atomic E-state index is 12.2. The molecule has 3 heteroatoms. The third kappa shape index (κ3) is 1.53. The van der Waals surface area contributed by atoms with Crippen molar-refractivity contribution >= 4 is 5.91 Å². The second-order valence-corrected chi connectivity index (χ2v) is 5.06. The van der Waals surface area contributed by atoms with Crippen LogP contribution in [0.2, 0.25) is 0 Å². The lowest BCUT2D eigenvalue weighted by molar-refractivity contribution is -0.117. The number of methoxy groups -OCH3 is 1. The first-order valence-electron chi connectivity index (χ1n) is 6.22. The second-order valence-electron chi connectivity index (χ2n) is 5.06. The van der Waals surface area contributed by atoms with E-state index in [1.54, 1.807) is 7.11 Å². The minimum atomic E-state index is 0.0217. The Kier molecular flexibility index (Phi) is 2.35. The SMILES string of the molecule is COC1=CC2=CCCC3CC(C)C(=C23)C(=O)N1. The van der Waals surface area contributed by atoms with Gasteiger partial charge in [0.15, 0.2) is 5.88 Å². The number of carbonyl (C=O) groups excluding carboxylic acids is 1. The standard InChI is InChI=1S/C14H17NO2/c1-8-6-9-4-3-5-10-7-11(17-2)15-14(16)12(8)13(9)10/h5,7-9H,3-4,6H2,1-2H3,(H,15,16). The van der Waals surface area contributed by atoms with Crippen LogP contribution in [0.5, 0.6) is 0 Å². The first-order valence-corrected chi connectivity index (χ1v) is 6.22. The molecule has 2 unspecified atom stereocenters. The van der Waals surface area contributed by atoms with E-state index in [0.29, 0.717) is 17.7 Å². The maximum absolute atomic E-state index is 12.2. The molecule has 1 aliphatic heterocycles. The van der Waals surface area contributed by atoms with Gasteiger partial charge in [-0.3, -0.25) is 10.1 Å². The highest BCUT2D eigenvalue weighted by Gasteiger charge is 2.38. The van der Waals surface area contributed by atoms with Crippen LogP contribution in [0.4, 0.5) is 0 Å². The highest BCUT2D eigenvalue weighted by molar-refractivity contribution is 5.98. The molecule has 0 spiro atoms. The van der Waals surface area contributed by atoms with E-state index in [0.717, 1.165) is 18.4 Å². The van der Waals surface area contributed by atoms with Gasteiger partial charge >= 0.3 is 0 Å². The summed E-state index contributed by atoms with van der Waals surface area (Å²) in [4.78, 5) is 12.2. The van der Waals surface area contributed by atoms with Gasteiger partial charge in [0.05, 0.1) is 7.11 Å². The molecule has 0 radical (unpaired) electrons. The van der Waals surface area contributed by atoms with E-state index >= 15 is 0 Å². The summed E-state index contributed by atoms with van der Waals surface area (Å²) >= 11 is 0. The van der Waals surface area contributed by atoms with Crippen molar-refractivity contribution in [3.8, 4) is 0 Å². The summed E-state index contributed by atoms with van der Waals surface area (Å²) in [5.41, 5.74) is 3.44. The highest BCUT2D eigenvalue weighted by atomic mass is 16.5. The zero-order valence-electron chi connectivity index (χ0n) is 10.2. The Bertz CT molecular complexity index is 471. The Morgan fingerprint density at radius 1 is 1.41 bits per heavy atom. The molecule has 17 heavy (non-hydrogen) atoms. The minimum absolute atomic E-state index is 0.0217. The van der Waals surface area contributed by atoms with Crippen molar-refractivity contribution in [3.05, 3.63) is 34.8 Å². The van der Waals surface area contributed by atoms with Crippen LogP contribution in [0.1, 0.15) is 26.2 Å². The molecule has 90 valence electrons. The Labute approximate surface area is 101 Å². The van der Waals surface area contributed by atoms with Crippen LogP contribution in [0.3, 0.4) is 0 Å². The van der Waals surface area contributed by atoms with Gasteiger partial charge < -0.3 is 4.74 Å². The van der Waals surface area contributed by atoms with Gasteiger partial charge in [0.2, 0.25) is 0 Å². The van der Waals surface area contributed by atoms with E-state index in [1.165, 1.54) is 17.6 Å². The quantitative estimate of drug-likeness (QED) is 0.752. The summed E-state index contributed by atoms with van der Waals surface area (Å²) < 4.78 is 5.20. The topological polar surface area (TPSA) is 38.3 Å². The second kappa shape index (κ2) is 3.76. The van der Waals surface area contributed by atoms with Gasteiger partial charge in [0, 0.05) is 11.6 Å². The number of nitrogens with one attached hydrogen (secondary N) is 1. The first-order chi connectivity index (χ1) is 8.20. The van der Waals surface area contributed by atoms with Crippen LogP contribution in [0, 0.1) is 11.8 Å². The Hall–Kier alpha value is -1.51. The van der Waals surface area contributed by atoms with Crippen LogP contribution in [0.15, 0.2) is 34.8 Å². The van der Waals surface area contributed by atoms with E-state index in [-0.39, 0.29) is 5.91 Å². The molecule has 0 saturated carbocycles. The summed E-state index contributed by atoms with van der Waals surface area (Å²) in [6, 6.07) is 0. The molecule has 0 aromatic carbocycles. The molecule has 3 rings (SSSR count). The molecular formula is C14H17NO2. The molecule has 1 heterocycles. The fourth-order valence-electron chi connectivity index (χ4n) is 3.30. The maximum Gasteiger partial charge on any atom is 0.254 e. The van der Waals surface area contributed by atoms with Crippen molar-refractivity contribution < 1.29 is 9.53 Å². The van der Waals surface area contributed by atoms with Gasteiger partial charge in [0.25, 0.3) is 5.91 Å². The van der Waals surface area contributed by atoms with E-state index < -0.39 is 0 Å². The summed E-state index contributed by atoms with van der Waals surface area (Å²) in [5.74, 6) is 1.51. The fourth-order valence-corrected chi connectivity index (χ4v) is 3.30. The predicted molar refractivity (Wildman–Crippen MR) is 64.8 cm³/mol. The fraction of sp³-hybridized carbons (Fsp3) is 0.500. The van der Waals surface area contributed by atoms with Crippen LogP contribution in [-0.2, 0) is 9.53 Å². The van der Waals surface area contributed by atoms with Crippen molar-refractivity contribution in [3.63, 3.8) is 0 Å². The molecule has 3 nitrogen and oxygen atoms in total. The van der Waals surface area contributed by atoms with Gasteiger partial charge in [-0.2, -0.15) is 0 Å². The molecule has 2 atom stereocenters. The number of hydrogen-bond acceptors (Lipinski definition) is 2. The third-order valence-electron chi connectivity index (χ3n) is 4.01. The molecule has 2 aliphatic carbocycles. The van der Waals surface area contributed by atoms with Gasteiger partial charge in [-0.05, 0) is 42.2 Å². The first kappa shape index (κ1) is 10.6. The molecule has 0 bridgehead atoms. The van der Waals surface area contributed by atoms with Crippen molar-refractivity contribution in [2.45, 2.75) is 26.2 Å². The third-order valence-corrected chi connectivity index (χ3v) is 4.01. The Balaban J connectivity index is 2.14. The largest absolute Gasteiger partial charge is 0.482 e. The van der Waals surface area contributed by atoms with E-state index in [2.05, 4.69) is 18.3 Å². The lowest BCUT2D eigenvalue weighted by atomic mass is 9.84. The number of ether oxygens (including phenoxy) is 1. The Morgan fingerprint density at radius 3 is 3.00 bits per heavy atom. The summed E-state index contributed by atoms with van der Waals surface area (Å²) in [5, 5.41) is 2.84. The Morgan fingerprint density at radius 2 is 2.24 bits per heavy atom. The molecule has 1 amide bonds. The lowest BCUT2D eigenvalue weighted by Crippen LogP contribution is -2.26. The average molecular weight is 231 g/mol. The van der Waals surface area contributed by atoms with Crippen LogP contribution < -0.4 is 5.32 Å². The van der Waals surface area contributed by atoms with Gasteiger partial charge in [-0.15, -0.1) is 0 Å². The van der Waals surface area contributed by atoms with E-state index in [9.17, 15) is 4.79 Å². The number of hydrogen-bond donors (Lipinski definition) is 1. The van der Waals surface area contributed by atoms with Crippen LogP contribution in [-0.4, -0.2) is 13.0 Å². The van der Waals surface area contributed by atoms with E-state index in [1.807, 2.05) is 6.08 Å². The van der Waals surface area contributed by atoms with Crippen LogP contribution >= 0.6 is 0 Å². The zero-order chi connectivity index (χ0) is 12.0. The van der Waals surface area contributed by atoms with Crippen molar-refractivity contribution in [2.75, 3.05) is 7.11 Å². The zero-order valence-corrected chi connectivity index (χ0v) is 10.2. The molecule has 0 aromatic rings. The normalized spacial score (nSPS) is 31.3.